The van der Waals surface area contributed by atoms with E-state index in [1.54, 1.807) is 0 Å². The van der Waals surface area contributed by atoms with Crippen LogP contribution in [0, 0.1) is 0 Å². The van der Waals surface area contributed by atoms with Crippen LogP contribution in [0.1, 0.15) is 0 Å². The molecule has 9 nitrogen and oxygen atoms in total. The van der Waals surface area contributed by atoms with E-state index in [4.69, 9.17) is 30.2 Å². The van der Waals surface area contributed by atoms with E-state index in [9.17, 15) is 9.36 Å². The number of aldehydes is 1. The summed E-state index contributed by atoms with van der Waals surface area (Å²) in [4.78, 5) is 26.6. The maximum absolute atomic E-state index is 10.2. The second kappa shape index (κ2) is 11.3. The molecule has 2 radical (unpaired) electrons. The molecule has 0 aliphatic carbocycles. The molecule has 0 rings (SSSR count). The van der Waals surface area contributed by atoms with Crippen LogP contribution >= 0.6 is 7.82 Å². The van der Waals surface area contributed by atoms with Gasteiger partial charge >= 0.3 is 7.82 Å². The number of aliphatic hydroxyl groups is 4. The third-order valence-corrected chi connectivity index (χ3v) is 2.13. The molecule has 0 saturated heterocycles. The summed E-state index contributed by atoms with van der Waals surface area (Å²) in [6.07, 6.45) is -7.80. The molecule has 0 bridgehead atoms. The van der Waals surface area contributed by atoms with E-state index in [1.807, 2.05) is 0 Å². The molecule has 0 spiro atoms. The van der Waals surface area contributed by atoms with Gasteiger partial charge < -0.3 is 35.0 Å². The zero-order valence-electron chi connectivity index (χ0n) is 9.95. The summed E-state index contributed by atoms with van der Waals surface area (Å²) in [6, 6.07) is 0. The largest absolute Gasteiger partial charge is 0.469 e. The molecule has 0 aromatic rings. The zero-order chi connectivity index (χ0) is 12.9. The fourth-order valence-electron chi connectivity index (χ4n) is 0.782. The molecular formula is C6H13Na2O9P. The third kappa shape index (κ3) is 10.4. The Bertz CT molecular complexity index is 272. The first kappa shape index (κ1) is 24.6. The minimum atomic E-state index is -4.80. The molecule has 0 heterocycles. The van der Waals surface area contributed by atoms with Gasteiger partial charge in [0.25, 0.3) is 0 Å². The van der Waals surface area contributed by atoms with Gasteiger partial charge in [0.15, 0.2) is 6.29 Å². The van der Waals surface area contributed by atoms with Gasteiger partial charge in [-0.1, -0.05) is 0 Å². The van der Waals surface area contributed by atoms with Gasteiger partial charge in [-0.05, 0) is 0 Å². The Morgan fingerprint density at radius 3 is 1.83 bits per heavy atom. The van der Waals surface area contributed by atoms with Gasteiger partial charge in [-0.15, -0.1) is 0 Å². The first-order valence-corrected chi connectivity index (χ1v) is 5.59. The Kier molecular flexibility index (Phi) is 15.5. The quantitative estimate of drug-likeness (QED) is 0.156. The molecule has 0 unspecified atom stereocenters. The van der Waals surface area contributed by atoms with E-state index >= 15 is 0 Å². The maximum atomic E-state index is 10.2. The Hall–Kier alpha value is 1.62. The van der Waals surface area contributed by atoms with E-state index in [0.717, 1.165) is 0 Å². The van der Waals surface area contributed by atoms with Crippen molar-refractivity contribution in [2.45, 2.75) is 24.4 Å². The summed E-state index contributed by atoms with van der Waals surface area (Å²) in [7, 11) is -4.80. The molecule has 0 saturated carbocycles. The fraction of sp³-hybridized carbons (Fsp3) is 0.833. The molecule has 12 heteroatoms. The van der Waals surface area contributed by atoms with Crippen LogP contribution < -0.4 is 0 Å². The number of carbonyl (C=O) groups excluding carboxylic acids is 1. The molecule has 0 amide bonds. The number of hydrogen-bond acceptors (Lipinski definition) is 7. The second-order valence-corrected chi connectivity index (χ2v) is 4.20. The van der Waals surface area contributed by atoms with Gasteiger partial charge in [0, 0.05) is 59.1 Å². The summed E-state index contributed by atoms with van der Waals surface area (Å²) in [5, 5.41) is 36.1. The number of carbonyl (C=O) groups is 1. The average Bonchev–Trinajstić information content (AvgIpc) is 2.21. The van der Waals surface area contributed by atoms with E-state index in [-0.39, 0.29) is 65.4 Å². The number of aliphatic hydroxyl groups excluding tert-OH is 4. The topological polar surface area (TPSA) is 165 Å². The SMILES string of the molecule is O=C[C@H](O)[C@@H](O)[C@H](O)[C@H](O)COP(=O)(O)O.[Na].[Na]. The average molecular weight is 306 g/mol. The molecule has 6 N–H and O–H groups in total. The molecule has 4 atom stereocenters. The summed E-state index contributed by atoms with van der Waals surface area (Å²) in [6.45, 7) is -0.964. The first-order valence-electron chi connectivity index (χ1n) is 4.06. The second-order valence-electron chi connectivity index (χ2n) is 2.96. The summed E-state index contributed by atoms with van der Waals surface area (Å²) < 4.78 is 14.1. The van der Waals surface area contributed by atoms with Gasteiger partial charge in [0.2, 0.25) is 0 Å². The van der Waals surface area contributed by atoms with Crippen molar-refractivity contribution in [3.8, 4) is 0 Å². The van der Waals surface area contributed by atoms with Crippen molar-refractivity contribution in [2.75, 3.05) is 6.61 Å². The number of rotatable bonds is 7. The zero-order valence-corrected chi connectivity index (χ0v) is 14.8. The third-order valence-electron chi connectivity index (χ3n) is 1.65. The van der Waals surface area contributed by atoms with Crippen molar-refractivity contribution in [1.82, 2.24) is 0 Å². The first-order chi connectivity index (χ1) is 7.19. The summed E-state index contributed by atoms with van der Waals surface area (Å²) in [5.41, 5.74) is 0. The van der Waals surface area contributed by atoms with Gasteiger partial charge in [-0.2, -0.15) is 0 Å². The Morgan fingerprint density at radius 2 is 1.50 bits per heavy atom. The number of phosphoric ester groups is 1. The minimum absolute atomic E-state index is 0. The van der Waals surface area contributed by atoms with Crippen molar-refractivity contribution in [2.24, 2.45) is 0 Å². The maximum Gasteiger partial charge on any atom is 0.469 e. The number of hydrogen-bond donors (Lipinski definition) is 6. The van der Waals surface area contributed by atoms with E-state index in [1.165, 1.54) is 0 Å². The molecule has 0 aliphatic heterocycles. The number of phosphoric acid groups is 1. The van der Waals surface area contributed by atoms with Crippen molar-refractivity contribution >= 4 is 73.2 Å². The van der Waals surface area contributed by atoms with Crippen LogP contribution in [-0.4, -0.2) is 127 Å². The molecule has 0 aromatic heterocycles. The van der Waals surface area contributed by atoms with E-state index < -0.39 is 38.8 Å². The minimum Gasteiger partial charge on any atom is -0.388 e. The summed E-state index contributed by atoms with van der Waals surface area (Å²) in [5.74, 6) is 0. The normalized spacial score (nSPS) is 17.7. The standard InChI is InChI=1S/C6H13O9P.2Na/c7-1-3(8)5(10)6(11)4(9)2-15-16(12,13)14;;/h1,3-6,8-11H,2H2,(H2,12,13,14);;/t3-,4+,5+,6+;;/m0../s1. The molecular weight excluding hydrogens is 293 g/mol. The van der Waals surface area contributed by atoms with Crippen molar-refractivity contribution in [3.05, 3.63) is 0 Å². The molecule has 98 valence electrons. The van der Waals surface area contributed by atoms with Gasteiger partial charge in [-0.25, -0.2) is 4.57 Å². The Morgan fingerprint density at radius 1 is 1.06 bits per heavy atom. The van der Waals surface area contributed by atoms with Crippen LogP contribution in [0.15, 0.2) is 0 Å². The van der Waals surface area contributed by atoms with Gasteiger partial charge in [0.1, 0.15) is 24.4 Å². The smallest absolute Gasteiger partial charge is 0.388 e. The monoisotopic (exact) mass is 306 g/mol. The molecule has 0 aliphatic rings. The van der Waals surface area contributed by atoms with Crippen molar-refractivity contribution < 1.29 is 44.1 Å². The van der Waals surface area contributed by atoms with Gasteiger partial charge in [0.05, 0.1) is 6.61 Å². The van der Waals surface area contributed by atoms with E-state index in [2.05, 4.69) is 4.52 Å². The van der Waals surface area contributed by atoms with Crippen LogP contribution in [-0.2, 0) is 13.9 Å². The Balaban J connectivity index is -0.00000112. The summed E-state index contributed by atoms with van der Waals surface area (Å²) >= 11 is 0. The van der Waals surface area contributed by atoms with E-state index in [0.29, 0.717) is 0 Å². The van der Waals surface area contributed by atoms with Gasteiger partial charge in [-0.3, -0.25) is 4.52 Å². The predicted molar refractivity (Wildman–Crippen MR) is 59.6 cm³/mol. The van der Waals surface area contributed by atoms with Crippen LogP contribution in [0.5, 0.6) is 0 Å². The molecule has 0 fully saturated rings. The Labute approximate surface area is 147 Å². The van der Waals surface area contributed by atoms with Crippen LogP contribution in [0.2, 0.25) is 0 Å². The van der Waals surface area contributed by atoms with Crippen molar-refractivity contribution in [1.29, 1.82) is 0 Å². The van der Waals surface area contributed by atoms with Crippen LogP contribution in [0.25, 0.3) is 0 Å². The molecule has 0 aromatic carbocycles. The fourth-order valence-corrected chi connectivity index (χ4v) is 1.13. The van der Waals surface area contributed by atoms with Crippen LogP contribution in [0.3, 0.4) is 0 Å². The van der Waals surface area contributed by atoms with Crippen LogP contribution in [0.4, 0.5) is 0 Å². The van der Waals surface area contributed by atoms with Crippen molar-refractivity contribution in [3.63, 3.8) is 0 Å². The molecule has 18 heavy (non-hydrogen) atoms. The predicted octanol–water partition coefficient (Wildman–Crippen LogP) is -4.02.